The summed E-state index contributed by atoms with van der Waals surface area (Å²) in [6.45, 7) is 0. The second-order valence-corrected chi connectivity index (χ2v) is 3.82. The molecule has 0 aliphatic heterocycles. The van der Waals surface area contributed by atoms with Crippen molar-refractivity contribution in [2.24, 2.45) is 0 Å². The third-order valence-electron chi connectivity index (χ3n) is 1.82. The van der Waals surface area contributed by atoms with Crippen molar-refractivity contribution in [3.8, 4) is 0 Å². The van der Waals surface area contributed by atoms with Crippen molar-refractivity contribution in [1.82, 2.24) is 15.0 Å². The standard InChI is InChI=1S/C10H6Cl2N4O/c11-8-3-6(1-2-14-8)15-10(17)7-4-13-5-9(12)16-7/h1-5H,(H,14,15,17). The molecule has 0 atom stereocenters. The Bertz CT molecular complexity index is 562. The minimum absolute atomic E-state index is 0.130. The summed E-state index contributed by atoms with van der Waals surface area (Å²) >= 11 is 11.3. The summed E-state index contributed by atoms with van der Waals surface area (Å²) in [6, 6.07) is 3.14. The average Bonchev–Trinajstić information content (AvgIpc) is 2.29. The third-order valence-corrected chi connectivity index (χ3v) is 2.21. The Labute approximate surface area is 107 Å². The second kappa shape index (κ2) is 5.07. The fourth-order valence-corrected chi connectivity index (χ4v) is 1.45. The maximum Gasteiger partial charge on any atom is 0.275 e. The van der Waals surface area contributed by atoms with Gasteiger partial charge in [-0.05, 0) is 12.1 Å². The van der Waals surface area contributed by atoms with E-state index < -0.39 is 5.91 Å². The van der Waals surface area contributed by atoms with Crippen LogP contribution in [0.2, 0.25) is 10.3 Å². The summed E-state index contributed by atoms with van der Waals surface area (Å²) in [5.74, 6) is -0.415. The molecule has 0 aliphatic carbocycles. The quantitative estimate of drug-likeness (QED) is 0.850. The number of rotatable bonds is 2. The van der Waals surface area contributed by atoms with Gasteiger partial charge in [0.2, 0.25) is 0 Å². The van der Waals surface area contributed by atoms with Crippen LogP contribution < -0.4 is 5.32 Å². The number of hydrogen-bond acceptors (Lipinski definition) is 4. The number of carbonyl (C=O) groups excluding carboxylic acids is 1. The van der Waals surface area contributed by atoms with Gasteiger partial charge in [-0.2, -0.15) is 0 Å². The van der Waals surface area contributed by atoms with E-state index in [4.69, 9.17) is 23.2 Å². The first-order valence-corrected chi connectivity index (χ1v) is 5.31. The number of anilines is 1. The molecule has 2 rings (SSSR count). The van der Waals surface area contributed by atoms with Crippen LogP contribution in [0.25, 0.3) is 0 Å². The van der Waals surface area contributed by atoms with Crippen LogP contribution in [-0.4, -0.2) is 20.9 Å². The van der Waals surface area contributed by atoms with E-state index in [0.29, 0.717) is 10.8 Å². The maximum absolute atomic E-state index is 11.7. The molecule has 0 radical (unpaired) electrons. The lowest BCUT2D eigenvalue weighted by atomic mass is 10.3. The minimum Gasteiger partial charge on any atom is -0.320 e. The van der Waals surface area contributed by atoms with Gasteiger partial charge in [0.15, 0.2) is 0 Å². The highest BCUT2D eigenvalue weighted by molar-refractivity contribution is 6.30. The molecule has 0 saturated heterocycles. The smallest absolute Gasteiger partial charge is 0.275 e. The number of amides is 1. The fraction of sp³-hybridized carbons (Fsp3) is 0. The molecule has 2 heterocycles. The van der Waals surface area contributed by atoms with Gasteiger partial charge >= 0.3 is 0 Å². The molecule has 0 aliphatic rings. The Morgan fingerprint density at radius 3 is 2.76 bits per heavy atom. The van der Waals surface area contributed by atoms with Gasteiger partial charge < -0.3 is 5.32 Å². The number of nitrogens with one attached hydrogen (secondary N) is 1. The normalized spacial score (nSPS) is 10.0. The summed E-state index contributed by atoms with van der Waals surface area (Å²) in [4.78, 5) is 23.1. The van der Waals surface area contributed by atoms with Gasteiger partial charge in [0.05, 0.1) is 12.4 Å². The van der Waals surface area contributed by atoms with Gasteiger partial charge in [-0.25, -0.2) is 9.97 Å². The number of halogens is 2. The van der Waals surface area contributed by atoms with E-state index in [1.54, 1.807) is 6.07 Å². The monoisotopic (exact) mass is 268 g/mol. The van der Waals surface area contributed by atoms with Crippen LogP contribution in [0.5, 0.6) is 0 Å². The molecule has 0 unspecified atom stereocenters. The molecule has 5 nitrogen and oxygen atoms in total. The van der Waals surface area contributed by atoms with E-state index in [-0.39, 0.29) is 10.8 Å². The van der Waals surface area contributed by atoms with Crippen molar-refractivity contribution in [3.05, 3.63) is 46.7 Å². The van der Waals surface area contributed by atoms with Gasteiger partial charge in [0, 0.05) is 11.9 Å². The average molecular weight is 269 g/mol. The van der Waals surface area contributed by atoms with Crippen molar-refractivity contribution in [2.75, 3.05) is 5.32 Å². The van der Waals surface area contributed by atoms with E-state index in [0.717, 1.165) is 0 Å². The van der Waals surface area contributed by atoms with Gasteiger partial charge in [0.1, 0.15) is 16.0 Å². The number of carbonyl (C=O) groups is 1. The highest BCUT2D eigenvalue weighted by Crippen LogP contribution is 2.13. The second-order valence-electron chi connectivity index (χ2n) is 3.05. The first-order chi connectivity index (χ1) is 8.15. The van der Waals surface area contributed by atoms with Crippen LogP contribution in [0.3, 0.4) is 0 Å². The molecule has 2 aromatic heterocycles. The topological polar surface area (TPSA) is 67.8 Å². The first kappa shape index (κ1) is 11.8. The lowest BCUT2D eigenvalue weighted by Crippen LogP contribution is -2.14. The zero-order chi connectivity index (χ0) is 12.3. The van der Waals surface area contributed by atoms with Gasteiger partial charge in [0.25, 0.3) is 5.91 Å². The van der Waals surface area contributed by atoms with Crippen molar-refractivity contribution < 1.29 is 4.79 Å². The Morgan fingerprint density at radius 2 is 2.06 bits per heavy atom. The Kier molecular flexibility index (Phi) is 3.51. The zero-order valence-electron chi connectivity index (χ0n) is 8.39. The van der Waals surface area contributed by atoms with Crippen LogP contribution in [0, 0.1) is 0 Å². The molecular weight excluding hydrogens is 263 g/mol. The van der Waals surface area contributed by atoms with Crippen molar-refractivity contribution in [3.63, 3.8) is 0 Å². The van der Waals surface area contributed by atoms with Crippen LogP contribution in [0.1, 0.15) is 10.5 Å². The fourth-order valence-electron chi connectivity index (χ4n) is 1.13. The minimum atomic E-state index is -0.415. The number of hydrogen-bond donors (Lipinski definition) is 1. The third kappa shape index (κ3) is 3.12. The van der Waals surface area contributed by atoms with Crippen LogP contribution in [0.4, 0.5) is 5.69 Å². The van der Waals surface area contributed by atoms with E-state index in [2.05, 4.69) is 20.3 Å². The van der Waals surface area contributed by atoms with E-state index in [1.807, 2.05) is 0 Å². The molecular formula is C10H6Cl2N4O. The maximum atomic E-state index is 11.7. The highest BCUT2D eigenvalue weighted by atomic mass is 35.5. The van der Waals surface area contributed by atoms with E-state index in [9.17, 15) is 4.79 Å². The SMILES string of the molecule is O=C(Nc1ccnc(Cl)c1)c1cncc(Cl)n1. The largest absolute Gasteiger partial charge is 0.320 e. The molecule has 1 N–H and O–H groups in total. The Hall–Kier alpha value is -1.72. The zero-order valence-corrected chi connectivity index (χ0v) is 9.90. The predicted octanol–water partition coefficient (Wildman–Crippen LogP) is 2.43. The molecule has 0 fully saturated rings. The molecule has 86 valence electrons. The summed E-state index contributed by atoms with van der Waals surface area (Å²) in [6.07, 6.45) is 4.16. The first-order valence-electron chi connectivity index (χ1n) is 4.55. The van der Waals surface area contributed by atoms with Gasteiger partial charge in [-0.3, -0.25) is 9.78 Å². The highest BCUT2D eigenvalue weighted by Gasteiger charge is 2.08. The lowest BCUT2D eigenvalue weighted by molar-refractivity contribution is 0.102. The molecule has 1 amide bonds. The van der Waals surface area contributed by atoms with Crippen LogP contribution >= 0.6 is 23.2 Å². The van der Waals surface area contributed by atoms with Crippen molar-refractivity contribution in [2.45, 2.75) is 0 Å². The Morgan fingerprint density at radius 1 is 1.24 bits per heavy atom. The van der Waals surface area contributed by atoms with Gasteiger partial charge in [-0.1, -0.05) is 23.2 Å². The van der Waals surface area contributed by atoms with E-state index >= 15 is 0 Å². The lowest BCUT2D eigenvalue weighted by Gasteiger charge is -2.04. The molecule has 0 saturated carbocycles. The summed E-state index contributed by atoms with van der Waals surface area (Å²) < 4.78 is 0. The molecule has 7 heteroatoms. The summed E-state index contributed by atoms with van der Waals surface area (Å²) in [7, 11) is 0. The van der Waals surface area contributed by atoms with E-state index in [1.165, 1.54) is 24.7 Å². The van der Waals surface area contributed by atoms with Crippen LogP contribution in [0.15, 0.2) is 30.7 Å². The number of aromatic nitrogens is 3. The van der Waals surface area contributed by atoms with Crippen LogP contribution in [-0.2, 0) is 0 Å². The number of pyridine rings is 1. The van der Waals surface area contributed by atoms with Crippen molar-refractivity contribution in [1.29, 1.82) is 0 Å². The molecule has 0 spiro atoms. The summed E-state index contributed by atoms with van der Waals surface area (Å²) in [5, 5.41) is 3.05. The predicted molar refractivity (Wildman–Crippen MR) is 64.2 cm³/mol. The van der Waals surface area contributed by atoms with Gasteiger partial charge in [-0.15, -0.1) is 0 Å². The molecule has 0 bridgehead atoms. The Balaban J connectivity index is 2.17. The molecule has 17 heavy (non-hydrogen) atoms. The number of nitrogens with zero attached hydrogens (tertiary/aromatic N) is 3. The summed E-state index contributed by atoms with van der Waals surface area (Å²) in [5.41, 5.74) is 0.655. The molecule has 2 aromatic rings. The van der Waals surface area contributed by atoms with Crippen molar-refractivity contribution >= 4 is 34.8 Å². The molecule has 0 aromatic carbocycles.